The number of hydrogen-bond acceptors (Lipinski definition) is 4. The molecule has 0 aromatic rings. The molecule has 4 heteroatoms. The van der Waals surface area contributed by atoms with Gasteiger partial charge in [-0.15, -0.1) is 0 Å². The van der Waals surface area contributed by atoms with Crippen LogP contribution in [0.2, 0.25) is 0 Å². The van der Waals surface area contributed by atoms with Crippen LogP contribution in [0.25, 0.3) is 0 Å². The number of ether oxygens (including phenoxy) is 3. The fraction of sp³-hybridized carbons (Fsp3) is 0.500. The molecule has 0 heterocycles. The van der Waals surface area contributed by atoms with Crippen LogP contribution in [0, 0.1) is 0 Å². The molecule has 0 saturated carbocycles. The fourth-order valence-electron chi connectivity index (χ4n) is 1.47. The lowest BCUT2D eigenvalue weighted by Gasteiger charge is -2.31. The van der Waals surface area contributed by atoms with E-state index in [1.807, 2.05) is 12.2 Å². The van der Waals surface area contributed by atoms with Gasteiger partial charge < -0.3 is 14.2 Å². The van der Waals surface area contributed by atoms with Gasteiger partial charge in [-0.2, -0.15) is 0 Å². The molecule has 1 unspecified atom stereocenters. The summed E-state index contributed by atoms with van der Waals surface area (Å²) in [7, 11) is 4.29. The highest BCUT2D eigenvalue weighted by Gasteiger charge is 2.45. The van der Waals surface area contributed by atoms with Crippen LogP contribution >= 0.6 is 0 Å². The third-order valence-corrected chi connectivity index (χ3v) is 2.27. The summed E-state index contributed by atoms with van der Waals surface area (Å²) in [6.07, 6.45) is 5.78. The molecule has 1 aliphatic rings. The second kappa shape index (κ2) is 4.28. The largest absolute Gasteiger partial charge is 0.497 e. The molecular formula is C10H14O4. The maximum atomic E-state index is 11.6. The highest BCUT2D eigenvalue weighted by molar-refractivity contribution is 5.83. The van der Waals surface area contributed by atoms with Crippen LogP contribution in [0.4, 0.5) is 0 Å². The maximum Gasteiger partial charge on any atom is 0.346 e. The first-order valence-corrected chi connectivity index (χ1v) is 4.26. The predicted molar refractivity (Wildman–Crippen MR) is 50.6 cm³/mol. The Balaban J connectivity index is 3.04. The third kappa shape index (κ3) is 1.53. The van der Waals surface area contributed by atoms with Crippen LogP contribution in [0.1, 0.15) is 6.42 Å². The van der Waals surface area contributed by atoms with Gasteiger partial charge in [-0.3, -0.25) is 0 Å². The number of carbonyl (C=O) groups is 1. The van der Waals surface area contributed by atoms with Gasteiger partial charge >= 0.3 is 5.97 Å². The van der Waals surface area contributed by atoms with Gasteiger partial charge in [0.25, 0.3) is 0 Å². The molecule has 0 saturated heterocycles. The monoisotopic (exact) mass is 198 g/mol. The van der Waals surface area contributed by atoms with E-state index in [9.17, 15) is 4.79 Å². The summed E-state index contributed by atoms with van der Waals surface area (Å²) < 4.78 is 15.0. The Morgan fingerprint density at radius 3 is 2.64 bits per heavy atom. The van der Waals surface area contributed by atoms with Crippen LogP contribution in [-0.2, 0) is 19.0 Å². The predicted octanol–water partition coefficient (Wildman–Crippen LogP) is 1.03. The van der Waals surface area contributed by atoms with Gasteiger partial charge in [-0.25, -0.2) is 4.79 Å². The quantitative estimate of drug-likeness (QED) is 0.635. The minimum absolute atomic E-state index is 0.426. The number of allylic oxidation sites excluding steroid dienone is 2. The molecule has 0 radical (unpaired) electrons. The van der Waals surface area contributed by atoms with Gasteiger partial charge in [-0.1, -0.05) is 12.2 Å². The highest BCUT2D eigenvalue weighted by Crippen LogP contribution is 2.30. The molecule has 0 spiro atoms. The lowest BCUT2D eigenvalue weighted by atomic mass is 9.93. The molecule has 78 valence electrons. The van der Waals surface area contributed by atoms with E-state index in [4.69, 9.17) is 14.2 Å². The summed E-state index contributed by atoms with van der Waals surface area (Å²) in [6.45, 7) is 0. The first kappa shape index (κ1) is 10.8. The zero-order valence-corrected chi connectivity index (χ0v) is 8.57. The van der Waals surface area contributed by atoms with Gasteiger partial charge in [0, 0.05) is 13.5 Å². The van der Waals surface area contributed by atoms with Gasteiger partial charge in [0.15, 0.2) is 0 Å². The minimum Gasteiger partial charge on any atom is -0.497 e. The van der Waals surface area contributed by atoms with E-state index in [1.165, 1.54) is 21.3 Å². The lowest BCUT2D eigenvalue weighted by molar-refractivity contribution is -0.165. The molecule has 0 N–H and O–H groups in total. The number of carbonyl (C=O) groups excluding carboxylic acids is 1. The normalized spacial score (nSPS) is 25.5. The summed E-state index contributed by atoms with van der Waals surface area (Å²) >= 11 is 0. The Hall–Kier alpha value is -1.29. The number of rotatable bonds is 3. The van der Waals surface area contributed by atoms with E-state index in [-0.39, 0.29) is 0 Å². The summed E-state index contributed by atoms with van der Waals surface area (Å²) in [5.41, 5.74) is -1.11. The Morgan fingerprint density at radius 2 is 2.14 bits per heavy atom. The highest BCUT2D eigenvalue weighted by atomic mass is 16.6. The zero-order valence-electron chi connectivity index (χ0n) is 8.57. The molecule has 0 aliphatic heterocycles. The number of hydrogen-bond donors (Lipinski definition) is 0. The van der Waals surface area contributed by atoms with Crippen LogP contribution in [0.15, 0.2) is 24.0 Å². The van der Waals surface area contributed by atoms with Gasteiger partial charge in [-0.05, 0) is 6.08 Å². The van der Waals surface area contributed by atoms with Crippen LogP contribution in [0.5, 0.6) is 0 Å². The van der Waals surface area contributed by atoms with Crippen molar-refractivity contribution in [2.75, 3.05) is 21.3 Å². The van der Waals surface area contributed by atoms with Gasteiger partial charge in [0.2, 0.25) is 5.60 Å². The molecule has 0 aromatic carbocycles. The van der Waals surface area contributed by atoms with Gasteiger partial charge in [0.05, 0.1) is 14.2 Å². The van der Waals surface area contributed by atoms with Crippen molar-refractivity contribution in [3.05, 3.63) is 24.0 Å². The molecule has 0 bridgehead atoms. The Kier molecular flexibility index (Phi) is 3.30. The molecular weight excluding hydrogens is 184 g/mol. The van der Waals surface area contributed by atoms with Crippen molar-refractivity contribution in [3.8, 4) is 0 Å². The topological polar surface area (TPSA) is 44.8 Å². The SMILES string of the molecule is COC(=O)C1(OC)CC=CC=C1OC. The maximum absolute atomic E-state index is 11.6. The van der Waals surface area contributed by atoms with E-state index >= 15 is 0 Å². The second-order valence-electron chi connectivity index (χ2n) is 2.89. The van der Waals surface area contributed by atoms with Crippen molar-refractivity contribution in [1.29, 1.82) is 0 Å². The molecule has 0 fully saturated rings. The van der Waals surface area contributed by atoms with E-state index in [0.717, 1.165) is 0 Å². The van der Waals surface area contributed by atoms with Crippen LogP contribution in [0.3, 0.4) is 0 Å². The molecule has 1 rings (SSSR count). The van der Waals surface area contributed by atoms with Crippen molar-refractivity contribution in [2.24, 2.45) is 0 Å². The lowest BCUT2D eigenvalue weighted by Crippen LogP contribution is -2.44. The van der Waals surface area contributed by atoms with Crippen molar-refractivity contribution in [1.82, 2.24) is 0 Å². The van der Waals surface area contributed by atoms with E-state index in [1.54, 1.807) is 6.08 Å². The Labute approximate surface area is 83.1 Å². The smallest absolute Gasteiger partial charge is 0.346 e. The Morgan fingerprint density at radius 1 is 1.43 bits per heavy atom. The molecule has 4 nitrogen and oxygen atoms in total. The number of methoxy groups -OCH3 is 3. The average molecular weight is 198 g/mol. The van der Waals surface area contributed by atoms with E-state index in [0.29, 0.717) is 12.2 Å². The number of esters is 1. The summed E-state index contributed by atoms with van der Waals surface area (Å²) in [6, 6.07) is 0. The molecule has 1 atom stereocenters. The van der Waals surface area contributed by atoms with E-state index < -0.39 is 11.6 Å². The van der Waals surface area contributed by atoms with Crippen molar-refractivity contribution in [2.45, 2.75) is 12.0 Å². The summed E-state index contributed by atoms with van der Waals surface area (Å²) in [5, 5.41) is 0. The second-order valence-corrected chi connectivity index (χ2v) is 2.89. The zero-order chi connectivity index (χ0) is 10.6. The summed E-state index contributed by atoms with van der Waals surface area (Å²) in [4.78, 5) is 11.6. The Bertz CT molecular complexity index is 280. The van der Waals surface area contributed by atoms with Crippen molar-refractivity contribution >= 4 is 5.97 Å². The van der Waals surface area contributed by atoms with Crippen molar-refractivity contribution in [3.63, 3.8) is 0 Å². The fourth-order valence-corrected chi connectivity index (χ4v) is 1.47. The average Bonchev–Trinajstić information content (AvgIpc) is 2.27. The molecule has 14 heavy (non-hydrogen) atoms. The molecule has 1 aliphatic carbocycles. The van der Waals surface area contributed by atoms with Crippen LogP contribution in [-0.4, -0.2) is 32.9 Å². The molecule has 0 aromatic heterocycles. The van der Waals surface area contributed by atoms with Crippen molar-refractivity contribution < 1.29 is 19.0 Å². The standard InChI is InChI=1S/C10H14O4/c1-12-8-6-4-5-7-10(8,14-3)9(11)13-2/h4-6H,7H2,1-3H3. The van der Waals surface area contributed by atoms with E-state index in [2.05, 4.69) is 0 Å². The first-order chi connectivity index (χ1) is 6.71. The summed E-state index contributed by atoms with van der Waals surface area (Å²) in [5.74, 6) is 0.0202. The third-order valence-electron chi connectivity index (χ3n) is 2.27. The van der Waals surface area contributed by atoms with Crippen LogP contribution < -0.4 is 0 Å². The molecule has 0 amide bonds. The minimum atomic E-state index is -1.11. The van der Waals surface area contributed by atoms with Gasteiger partial charge in [0.1, 0.15) is 5.76 Å². The first-order valence-electron chi connectivity index (χ1n) is 4.26.